The van der Waals surface area contributed by atoms with Gasteiger partial charge < -0.3 is 18.8 Å². The van der Waals surface area contributed by atoms with Crippen molar-refractivity contribution in [3.63, 3.8) is 0 Å². The third kappa shape index (κ3) is 3.73. The Bertz CT molecular complexity index is 1050. The fourth-order valence-electron chi connectivity index (χ4n) is 2.80. The number of benzene rings is 2. The van der Waals surface area contributed by atoms with E-state index < -0.39 is 0 Å². The van der Waals surface area contributed by atoms with E-state index in [1.807, 2.05) is 34.9 Å². The van der Waals surface area contributed by atoms with E-state index in [0.717, 1.165) is 10.2 Å². The van der Waals surface area contributed by atoms with Crippen LogP contribution in [0.5, 0.6) is 17.2 Å². The van der Waals surface area contributed by atoms with Crippen LogP contribution >= 0.6 is 11.3 Å². The molecule has 0 bridgehead atoms. The van der Waals surface area contributed by atoms with Gasteiger partial charge in [-0.05, 0) is 12.1 Å². The average Bonchev–Trinajstić information content (AvgIpc) is 3.02. The molecular formula is C20H18N2O4S. The molecule has 2 aromatic carbocycles. The maximum absolute atomic E-state index is 12.3. The number of carbonyl (C=O) groups excluding carboxylic acids is 1. The zero-order valence-corrected chi connectivity index (χ0v) is 15.4. The lowest BCUT2D eigenvalue weighted by Crippen LogP contribution is -2.19. The molecule has 1 amide bonds. The zero-order chi connectivity index (χ0) is 18.6. The van der Waals surface area contributed by atoms with Gasteiger partial charge in [-0.1, -0.05) is 35.6 Å². The van der Waals surface area contributed by atoms with E-state index in [1.165, 1.54) is 11.3 Å². The number of hydrogen-bond acceptors (Lipinski definition) is 5. The summed E-state index contributed by atoms with van der Waals surface area (Å²) in [6.07, 6.45) is 1.77. The molecule has 7 heteroatoms. The molecule has 2 heterocycles. The van der Waals surface area contributed by atoms with E-state index in [0.29, 0.717) is 41.8 Å². The van der Waals surface area contributed by atoms with Crippen LogP contribution in [0.15, 0.2) is 60.1 Å². The summed E-state index contributed by atoms with van der Waals surface area (Å²) in [6, 6.07) is 13.1. The summed E-state index contributed by atoms with van der Waals surface area (Å²) in [7, 11) is 0. The number of thiazole rings is 1. The Kier molecular flexibility index (Phi) is 4.93. The lowest BCUT2D eigenvalue weighted by molar-refractivity contribution is -0.120. The van der Waals surface area contributed by atoms with E-state index >= 15 is 0 Å². The predicted molar refractivity (Wildman–Crippen MR) is 104 cm³/mol. The van der Waals surface area contributed by atoms with Crippen LogP contribution in [0.3, 0.4) is 0 Å². The number of hydrogen-bond donors (Lipinski definition) is 0. The second-order valence-corrected chi connectivity index (χ2v) is 6.86. The molecule has 1 aromatic heterocycles. The molecule has 0 N–H and O–H groups in total. The van der Waals surface area contributed by atoms with Crippen LogP contribution in [-0.2, 0) is 11.3 Å². The number of nitrogens with zero attached hydrogens (tertiary/aromatic N) is 2. The summed E-state index contributed by atoms with van der Waals surface area (Å²) in [5.74, 6) is 1.71. The topological polar surface area (TPSA) is 62.1 Å². The molecule has 1 aliphatic heterocycles. The molecule has 0 saturated heterocycles. The summed E-state index contributed by atoms with van der Waals surface area (Å²) >= 11 is 1.42. The zero-order valence-electron chi connectivity index (χ0n) is 14.6. The monoisotopic (exact) mass is 382 g/mol. The van der Waals surface area contributed by atoms with Crippen molar-refractivity contribution in [3.05, 3.63) is 59.9 Å². The highest BCUT2D eigenvalue weighted by Crippen LogP contribution is 2.35. The van der Waals surface area contributed by atoms with E-state index in [9.17, 15) is 4.79 Å². The quantitative estimate of drug-likeness (QED) is 0.636. The molecule has 0 aliphatic carbocycles. The van der Waals surface area contributed by atoms with Crippen LogP contribution in [0, 0.1) is 0 Å². The SMILES string of the molecule is C=CCn1c(=NC(=O)COc2ccccc2)sc2cc3c(cc21)OCCO3. The van der Waals surface area contributed by atoms with E-state index in [4.69, 9.17) is 14.2 Å². The van der Waals surface area contributed by atoms with Gasteiger partial charge in [-0.25, -0.2) is 0 Å². The van der Waals surface area contributed by atoms with Crippen molar-refractivity contribution >= 4 is 27.5 Å². The number of rotatable bonds is 5. The maximum atomic E-state index is 12.3. The van der Waals surface area contributed by atoms with Gasteiger partial charge in [0.15, 0.2) is 22.9 Å². The van der Waals surface area contributed by atoms with Crippen LogP contribution < -0.4 is 19.0 Å². The third-order valence-electron chi connectivity index (χ3n) is 3.98. The van der Waals surface area contributed by atoms with Gasteiger partial charge >= 0.3 is 0 Å². The smallest absolute Gasteiger partial charge is 0.286 e. The number of carbonyl (C=O) groups is 1. The Morgan fingerprint density at radius 3 is 2.70 bits per heavy atom. The lowest BCUT2D eigenvalue weighted by atomic mass is 10.2. The lowest BCUT2D eigenvalue weighted by Gasteiger charge is -2.18. The van der Waals surface area contributed by atoms with Crippen LogP contribution in [0.25, 0.3) is 10.2 Å². The van der Waals surface area contributed by atoms with Gasteiger partial charge in [0.05, 0.1) is 10.2 Å². The molecule has 0 radical (unpaired) electrons. The van der Waals surface area contributed by atoms with Crippen LogP contribution in [0.4, 0.5) is 0 Å². The normalized spacial score (nSPS) is 13.6. The van der Waals surface area contributed by atoms with Crippen molar-refractivity contribution in [3.8, 4) is 17.2 Å². The Labute approximate surface area is 159 Å². The Morgan fingerprint density at radius 1 is 1.22 bits per heavy atom. The highest BCUT2D eigenvalue weighted by molar-refractivity contribution is 7.16. The molecule has 0 atom stereocenters. The second kappa shape index (κ2) is 7.67. The van der Waals surface area contributed by atoms with Gasteiger partial charge in [0.2, 0.25) is 0 Å². The fourth-order valence-corrected chi connectivity index (χ4v) is 3.86. The van der Waals surface area contributed by atoms with Crippen molar-refractivity contribution in [2.45, 2.75) is 6.54 Å². The summed E-state index contributed by atoms with van der Waals surface area (Å²) in [4.78, 5) is 17.1. The standard InChI is InChI=1S/C20H18N2O4S/c1-2-8-22-15-11-16-17(25-10-9-24-16)12-18(15)27-20(22)21-19(23)13-26-14-6-4-3-5-7-14/h2-7,11-12H,1,8-10,13H2. The fraction of sp³-hybridized carbons (Fsp3) is 0.200. The largest absolute Gasteiger partial charge is 0.486 e. The molecule has 0 unspecified atom stereocenters. The first kappa shape index (κ1) is 17.4. The summed E-state index contributed by atoms with van der Waals surface area (Å²) < 4.78 is 19.7. The maximum Gasteiger partial charge on any atom is 0.286 e. The number of para-hydroxylation sites is 1. The minimum Gasteiger partial charge on any atom is -0.486 e. The average molecular weight is 382 g/mol. The number of fused-ring (bicyclic) bond motifs is 2. The van der Waals surface area contributed by atoms with Gasteiger partial charge in [0.1, 0.15) is 19.0 Å². The van der Waals surface area contributed by atoms with Crippen LogP contribution in [-0.4, -0.2) is 30.3 Å². The van der Waals surface area contributed by atoms with E-state index in [2.05, 4.69) is 11.6 Å². The molecule has 138 valence electrons. The first-order valence-corrected chi connectivity index (χ1v) is 9.35. The number of amides is 1. The molecular weight excluding hydrogens is 364 g/mol. The summed E-state index contributed by atoms with van der Waals surface area (Å²) in [5, 5.41) is 0. The summed E-state index contributed by atoms with van der Waals surface area (Å²) in [5.41, 5.74) is 0.930. The minimum atomic E-state index is -0.347. The van der Waals surface area contributed by atoms with Crippen LogP contribution in [0.1, 0.15) is 0 Å². The Morgan fingerprint density at radius 2 is 1.96 bits per heavy atom. The van der Waals surface area contributed by atoms with Crippen molar-refractivity contribution < 1.29 is 19.0 Å². The van der Waals surface area contributed by atoms with Gasteiger partial charge in [-0.2, -0.15) is 4.99 Å². The molecule has 0 fully saturated rings. The van der Waals surface area contributed by atoms with Gasteiger partial charge in [-0.3, -0.25) is 4.79 Å². The van der Waals surface area contributed by atoms with E-state index in [-0.39, 0.29) is 12.5 Å². The van der Waals surface area contributed by atoms with E-state index in [1.54, 1.807) is 18.2 Å². The highest BCUT2D eigenvalue weighted by Gasteiger charge is 2.16. The Balaban J connectivity index is 1.67. The highest BCUT2D eigenvalue weighted by atomic mass is 32.1. The van der Waals surface area contributed by atoms with Crippen molar-refractivity contribution in [2.24, 2.45) is 4.99 Å². The molecule has 3 aromatic rings. The molecule has 0 spiro atoms. The number of ether oxygens (including phenoxy) is 3. The minimum absolute atomic E-state index is 0.116. The van der Waals surface area contributed by atoms with Gasteiger partial charge in [0.25, 0.3) is 5.91 Å². The second-order valence-electron chi connectivity index (χ2n) is 5.85. The Hall–Kier alpha value is -3.06. The van der Waals surface area contributed by atoms with Crippen molar-refractivity contribution in [2.75, 3.05) is 19.8 Å². The third-order valence-corrected chi connectivity index (χ3v) is 5.03. The summed E-state index contributed by atoms with van der Waals surface area (Å²) in [6.45, 7) is 5.28. The molecule has 6 nitrogen and oxygen atoms in total. The number of aromatic nitrogens is 1. The number of allylic oxidation sites excluding steroid dienone is 1. The molecule has 27 heavy (non-hydrogen) atoms. The van der Waals surface area contributed by atoms with Gasteiger partial charge in [0, 0.05) is 18.7 Å². The first-order chi connectivity index (χ1) is 13.2. The van der Waals surface area contributed by atoms with Crippen molar-refractivity contribution in [1.82, 2.24) is 4.57 Å². The molecule has 4 rings (SSSR count). The molecule has 1 aliphatic rings. The van der Waals surface area contributed by atoms with Crippen molar-refractivity contribution in [1.29, 1.82) is 0 Å². The van der Waals surface area contributed by atoms with Gasteiger partial charge in [-0.15, -0.1) is 6.58 Å². The first-order valence-electron chi connectivity index (χ1n) is 8.54. The molecule has 0 saturated carbocycles. The predicted octanol–water partition coefficient (Wildman–Crippen LogP) is 3.17. The van der Waals surface area contributed by atoms with Crippen LogP contribution in [0.2, 0.25) is 0 Å².